The summed E-state index contributed by atoms with van der Waals surface area (Å²) in [5, 5.41) is 13.0. The molecule has 0 bridgehead atoms. The molecular weight excluding hydrogens is 262 g/mol. The smallest absolute Gasteiger partial charge is 0.122 e. The van der Waals surface area contributed by atoms with Crippen molar-refractivity contribution in [1.82, 2.24) is 5.32 Å². The van der Waals surface area contributed by atoms with Gasteiger partial charge in [-0.1, -0.05) is 49.7 Å². The molecule has 0 aliphatic heterocycles. The zero-order chi connectivity index (χ0) is 14.1. The maximum Gasteiger partial charge on any atom is 0.122 e. The molecule has 1 rings (SSSR count). The zero-order valence-electron chi connectivity index (χ0n) is 11.5. The number of aliphatic hydroxyl groups is 1. The highest BCUT2D eigenvalue weighted by molar-refractivity contribution is 6.25. The molecule has 0 aliphatic carbocycles. The van der Waals surface area contributed by atoms with E-state index in [2.05, 4.69) is 5.32 Å². The summed E-state index contributed by atoms with van der Waals surface area (Å²) in [6.45, 7) is 4.89. The number of hydrogen-bond acceptors (Lipinski definition) is 3. The first kappa shape index (κ1) is 16.0. The van der Waals surface area contributed by atoms with E-state index in [1.807, 2.05) is 44.2 Å². The van der Waals surface area contributed by atoms with Crippen molar-refractivity contribution in [3.63, 3.8) is 0 Å². The summed E-state index contributed by atoms with van der Waals surface area (Å²) < 4.78 is 5.66. The van der Waals surface area contributed by atoms with Gasteiger partial charge in [-0.15, -0.1) is 0 Å². The second-order valence-corrected chi connectivity index (χ2v) is 4.95. The number of nitrogens with one attached hydrogen (secondary N) is 1. The molecule has 0 amide bonds. The van der Waals surface area contributed by atoms with Crippen LogP contribution in [0.4, 0.5) is 0 Å². The topological polar surface area (TPSA) is 41.5 Å². The van der Waals surface area contributed by atoms with Crippen LogP contribution in [0.5, 0.6) is 5.75 Å². The van der Waals surface area contributed by atoms with Gasteiger partial charge >= 0.3 is 0 Å². The molecule has 0 radical (unpaired) electrons. The van der Waals surface area contributed by atoms with Gasteiger partial charge < -0.3 is 15.2 Å². The Balaban J connectivity index is 2.47. The minimum atomic E-state index is -0.515. The Morgan fingerprint density at radius 3 is 2.79 bits per heavy atom. The lowest BCUT2D eigenvalue weighted by molar-refractivity contribution is 0.104. The van der Waals surface area contributed by atoms with Crippen LogP contribution >= 0.6 is 11.6 Å². The van der Waals surface area contributed by atoms with Crippen LogP contribution in [0.3, 0.4) is 0 Å². The number of rotatable bonds is 8. The molecular formula is C15H22ClNO2. The molecule has 1 aromatic rings. The molecule has 19 heavy (non-hydrogen) atoms. The van der Waals surface area contributed by atoms with Crippen LogP contribution in [0.15, 0.2) is 35.9 Å². The standard InChI is InChI=1S/C15H22ClNO2/c1-12(2)17-10-14(18)11-19-15-8-4-3-6-13(15)7-5-9-16/h3-6,8-9,12,14,17-18H,7,10-11H2,1-2H3/b9-5-. The molecule has 1 atom stereocenters. The number of aliphatic hydroxyl groups excluding tert-OH is 1. The van der Waals surface area contributed by atoms with Gasteiger partial charge in [0, 0.05) is 18.1 Å². The van der Waals surface area contributed by atoms with Crippen molar-refractivity contribution in [3.05, 3.63) is 41.4 Å². The van der Waals surface area contributed by atoms with Crippen LogP contribution in [-0.2, 0) is 6.42 Å². The summed E-state index contributed by atoms with van der Waals surface area (Å²) in [6.07, 6.45) is 2.07. The largest absolute Gasteiger partial charge is 0.491 e. The van der Waals surface area contributed by atoms with Crippen LogP contribution in [-0.4, -0.2) is 30.4 Å². The average molecular weight is 284 g/mol. The lowest BCUT2D eigenvalue weighted by atomic mass is 10.1. The molecule has 0 saturated heterocycles. The molecule has 0 saturated carbocycles. The second kappa shape index (κ2) is 8.97. The molecule has 0 aromatic heterocycles. The molecule has 0 aliphatic rings. The normalized spacial score (nSPS) is 13.1. The van der Waals surface area contributed by atoms with E-state index in [0.29, 0.717) is 12.6 Å². The third kappa shape index (κ3) is 6.62. The first-order valence-electron chi connectivity index (χ1n) is 6.51. The molecule has 4 heteroatoms. The first-order valence-corrected chi connectivity index (χ1v) is 6.94. The Labute approximate surface area is 120 Å². The van der Waals surface area contributed by atoms with Crippen LogP contribution < -0.4 is 10.1 Å². The average Bonchev–Trinajstić information content (AvgIpc) is 2.41. The van der Waals surface area contributed by atoms with E-state index in [4.69, 9.17) is 16.3 Å². The van der Waals surface area contributed by atoms with Crippen LogP contribution in [0.25, 0.3) is 0 Å². The van der Waals surface area contributed by atoms with E-state index in [1.54, 1.807) is 0 Å². The summed E-state index contributed by atoms with van der Waals surface area (Å²) in [5.74, 6) is 0.792. The Kier molecular flexibility index (Phi) is 7.56. The molecule has 2 N–H and O–H groups in total. The zero-order valence-corrected chi connectivity index (χ0v) is 12.2. The van der Waals surface area contributed by atoms with Crippen LogP contribution in [0.1, 0.15) is 19.4 Å². The molecule has 0 spiro atoms. The number of allylic oxidation sites excluding steroid dienone is 1. The van der Waals surface area contributed by atoms with Crippen LogP contribution in [0, 0.1) is 0 Å². The Morgan fingerprint density at radius 1 is 1.37 bits per heavy atom. The third-order valence-corrected chi connectivity index (χ3v) is 2.77. The van der Waals surface area contributed by atoms with Crippen molar-refractivity contribution >= 4 is 11.6 Å². The van der Waals surface area contributed by atoms with Gasteiger partial charge in [-0.3, -0.25) is 0 Å². The lowest BCUT2D eigenvalue weighted by Crippen LogP contribution is -2.35. The predicted octanol–water partition coefficient (Wildman–Crippen LogP) is 2.72. The van der Waals surface area contributed by atoms with E-state index < -0.39 is 6.10 Å². The fourth-order valence-electron chi connectivity index (χ4n) is 1.60. The summed E-state index contributed by atoms with van der Waals surface area (Å²) in [4.78, 5) is 0. The Morgan fingerprint density at radius 2 is 2.11 bits per heavy atom. The van der Waals surface area contributed by atoms with Crippen molar-refractivity contribution in [2.75, 3.05) is 13.2 Å². The van der Waals surface area contributed by atoms with Gasteiger partial charge in [-0.05, 0) is 18.1 Å². The third-order valence-electron chi connectivity index (χ3n) is 2.59. The van der Waals surface area contributed by atoms with Crippen molar-refractivity contribution in [2.24, 2.45) is 0 Å². The SMILES string of the molecule is CC(C)NCC(O)COc1ccccc1C/C=C\Cl. The fourth-order valence-corrected chi connectivity index (χ4v) is 1.69. The highest BCUT2D eigenvalue weighted by Gasteiger charge is 2.07. The molecule has 1 aromatic carbocycles. The number of hydrogen-bond donors (Lipinski definition) is 2. The first-order chi connectivity index (χ1) is 9.13. The van der Waals surface area contributed by atoms with Gasteiger partial charge in [-0.2, -0.15) is 0 Å². The highest BCUT2D eigenvalue weighted by atomic mass is 35.5. The molecule has 3 nitrogen and oxygen atoms in total. The van der Waals surface area contributed by atoms with Crippen molar-refractivity contribution in [1.29, 1.82) is 0 Å². The van der Waals surface area contributed by atoms with Crippen molar-refractivity contribution < 1.29 is 9.84 Å². The van der Waals surface area contributed by atoms with Gasteiger partial charge in [0.15, 0.2) is 0 Å². The lowest BCUT2D eigenvalue weighted by Gasteiger charge is -2.16. The number of ether oxygens (including phenoxy) is 1. The summed E-state index contributed by atoms with van der Waals surface area (Å²) >= 11 is 5.53. The van der Waals surface area contributed by atoms with Gasteiger partial charge in [0.25, 0.3) is 0 Å². The molecule has 0 heterocycles. The summed E-state index contributed by atoms with van der Waals surface area (Å²) in [6, 6.07) is 8.13. The second-order valence-electron chi connectivity index (χ2n) is 4.70. The van der Waals surface area contributed by atoms with Crippen LogP contribution in [0.2, 0.25) is 0 Å². The quantitative estimate of drug-likeness (QED) is 0.771. The Hall–Kier alpha value is -1.03. The summed E-state index contributed by atoms with van der Waals surface area (Å²) in [7, 11) is 0. The highest BCUT2D eigenvalue weighted by Crippen LogP contribution is 2.19. The monoisotopic (exact) mass is 283 g/mol. The fraction of sp³-hybridized carbons (Fsp3) is 0.467. The van der Waals surface area contributed by atoms with Gasteiger partial charge in [0.2, 0.25) is 0 Å². The maximum atomic E-state index is 9.80. The molecule has 0 fully saturated rings. The van der Waals surface area contributed by atoms with E-state index >= 15 is 0 Å². The predicted molar refractivity (Wildman–Crippen MR) is 79.8 cm³/mol. The molecule has 106 valence electrons. The minimum absolute atomic E-state index is 0.279. The molecule has 1 unspecified atom stereocenters. The minimum Gasteiger partial charge on any atom is -0.491 e. The van der Waals surface area contributed by atoms with Gasteiger partial charge in [-0.25, -0.2) is 0 Å². The van der Waals surface area contributed by atoms with E-state index in [1.165, 1.54) is 5.54 Å². The van der Waals surface area contributed by atoms with Gasteiger partial charge in [0.1, 0.15) is 18.5 Å². The maximum absolute atomic E-state index is 9.80. The number of benzene rings is 1. The summed E-state index contributed by atoms with van der Waals surface area (Å²) in [5.41, 5.74) is 2.56. The van der Waals surface area contributed by atoms with E-state index in [9.17, 15) is 5.11 Å². The van der Waals surface area contributed by atoms with E-state index in [-0.39, 0.29) is 6.61 Å². The Bertz CT molecular complexity index is 393. The van der Waals surface area contributed by atoms with Gasteiger partial charge in [0.05, 0.1) is 0 Å². The van der Waals surface area contributed by atoms with Crippen molar-refractivity contribution in [3.8, 4) is 5.75 Å². The van der Waals surface area contributed by atoms with Crippen molar-refractivity contribution in [2.45, 2.75) is 32.4 Å². The number of para-hydroxylation sites is 1. The number of halogens is 1. The van der Waals surface area contributed by atoms with E-state index in [0.717, 1.165) is 17.7 Å².